The van der Waals surface area contributed by atoms with Crippen molar-refractivity contribution in [3.63, 3.8) is 0 Å². The van der Waals surface area contributed by atoms with Crippen LogP contribution in [0.3, 0.4) is 0 Å². The van der Waals surface area contributed by atoms with Crippen molar-refractivity contribution in [2.24, 2.45) is 0 Å². The number of fused-ring (bicyclic) bond motifs is 3. The molecule has 3 aliphatic rings. The first-order valence-corrected chi connectivity index (χ1v) is 24.7. The average Bonchev–Trinajstić information content (AvgIpc) is 4.17. The van der Waals surface area contributed by atoms with E-state index in [1.54, 1.807) is 22.9 Å². The van der Waals surface area contributed by atoms with Crippen molar-refractivity contribution in [1.82, 2.24) is 35.2 Å². The molecule has 370 valence electrons. The van der Waals surface area contributed by atoms with Gasteiger partial charge < -0.3 is 33.9 Å². The topological polar surface area (TPSA) is 248 Å². The smallest absolute Gasteiger partial charge is 0.360 e. The highest BCUT2D eigenvalue weighted by Crippen LogP contribution is 2.35. The number of aryl methyl sites for hydroxylation is 2. The van der Waals surface area contributed by atoms with E-state index < -0.39 is 35.6 Å². The Kier molecular flexibility index (Phi) is 15.7. The molecule has 0 saturated carbocycles. The van der Waals surface area contributed by atoms with Gasteiger partial charge in [0.25, 0.3) is 17.7 Å². The van der Waals surface area contributed by atoms with E-state index in [-0.39, 0.29) is 49.0 Å². The third-order valence-electron chi connectivity index (χ3n) is 11.9. The molecule has 0 aliphatic carbocycles. The predicted molar refractivity (Wildman–Crippen MR) is 259 cm³/mol. The minimum absolute atomic E-state index is 0.0484. The van der Waals surface area contributed by atoms with Crippen molar-refractivity contribution in [3.8, 4) is 0 Å². The number of anilines is 3. The van der Waals surface area contributed by atoms with Gasteiger partial charge in [0, 0.05) is 55.8 Å². The van der Waals surface area contributed by atoms with E-state index in [2.05, 4.69) is 36.1 Å². The first-order valence-electron chi connectivity index (χ1n) is 23.0. The van der Waals surface area contributed by atoms with Gasteiger partial charge in [0.2, 0.25) is 11.8 Å². The summed E-state index contributed by atoms with van der Waals surface area (Å²) < 4.78 is 30.1. The maximum Gasteiger partial charge on any atom is 0.360 e. The fraction of sp³-hybridized carbons (Fsp3) is 0.375. The lowest BCUT2D eigenvalue weighted by Gasteiger charge is -2.29. The highest BCUT2D eigenvalue weighted by Gasteiger charge is 2.45. The first kappa shape index (κ1) is 49.0. The third-order valence-corrected chi connectivity index (χ3v) is 14.0. The molecule has 3 N–H and O–H groups in total. The van der Waals surface area contributed by atoms with Crippen LogP contribution in [0, 0.1) is 0 Å². The van der Waals surface area contributed by atoms with Crippen LogP contribution in [-0.2, 0) is 65.8 Å². The zero-order chi connectivity index (χ0) is 49.3. The van der Waals surface area contributed by atoms with Gasteiger partial charge in [-0.2, -0.15) is 0 Å². The molecule has 1 fully saturated rings. The zero-order valence-electron chi connectivity index (χ0n) is 38.7. The number of thiazole rings is 2. The van der Waals surface area contributed by atoms with Gasteiger partial charge in [-0.25, -0.2) is 14.8 Å². The van der Waals surface area contributed by atoms with Crippen LogP contribution < -0.4 is 20.9 Å². The molecule has 6 aromatic rings. The van der Waals surface area contributed by atoms with E-state index in [0.717, 1.165) is 31.1 Å². The number of hydrogen-bond donors (Lipinski definition) is 3. The number of esters is 1. The molecule has 9 rings (SSSR count). The monoisotopic (exact) mass is 1010 g/mol. The molecule has 71 heavy (non-hydrogen) atoms. The molecule has 23 heteroatoms. The number of para-hydroxylation sites is 1. The van der Waals surface area contributed by atoms with Gasteiger partial charge in [0.15, 0.2) is 22.7 Å². The van der Waals surface area contributed by atoms with Gasteiger partial charge in [-0.1, -0.05) is 46.9 Å². The molecule has 0 radical (unpaired) electrons. The summed E-state index contributed by atoms with van der Waals surface area (Å²) >= 11 is 2.86. The van der Waals surface area contributed by atoms with Gasteiger partial charge in [-0.15, -0.1) is 16.4 Å². The number of carbonyl (C=O) groups is 6. The fourth-order valence-corrected chi connectivity index (χ4v) is 10.5. The molecule has 3 aromatic carbocycles. The van der Waals surface area contributed by atoms with Gasteiger partial charge >= 0.3 is 5.97 Å². The number of methoxy groups -OCH3 is 1. The van der Waals surface area contributed by atoms with E-state index in [1.807, 2.05) is 48.7 Å². The molecular formula is C48H50N10O11S2. The van der Waals surface area contributed by atoms with Crippen LogP contribution in [0.2, 0.25) is 0 Å². The molecule has 0 bridgehead atoms. The summed E-state index contributed by atoms with van der Waals surface area (Å²) in [6.45, 7) is 3.64. The number of nitrogens with one attached hydrogen (secondary N) is 3. The predicted octanol–water partition coefficient (Wildman–Crippen LogP) is 4.62. The van der Waals surface area contributed by atoms with Crippen molar-refractivity contribution in [2.75, 3.05) is 75.6 Å². The van der Waals surface area contributed by atoms with Gasteiger partial charge in [-0.05, 0) is 67.1 Å². The SMILES string of the molecule is COCOC(=O)c1nc(N2CCc3cccc(C(=O)Nc4nc5ccccc5s4)c3C2)sc1CCCn1cc(COCCOCCOCCNc2cccc3c2C(=O)N(C2CCC(=O)NC2=O)C3=O)nn1. The maximum atomic E-state index is 13.6. The molecule has 1 atom stereocenters. The molecule has 6 heterocycles. The molecule has 3 aliphatic heterocycles. The molecule has 5 amide bonds. The van der Waals surface area contributed by atoms with E-state index in [0.29, 0.717) is 106 Å². The Labute approximate surface area is 414 Å². The Bertz CT molecular complexity index is 2920. The Balaban J connectivity index is 0.686. The largest absolute Gasteiger partial charge is 0.434 e. The quantitative estimate of drug-likeness (QED) is 0.0343. The number of benzene rings is 3. The van der Waals surface area contributed by atoms with Crippen LogP contribution in [0.5, 0.6) is 0 Å². The van der Waals surface area contributed by atoms with E-state index in [4.69, 9.17) is 28.7 Å². The van der Waals surface area contributed by atoms with Crippen molar-refractivity contribution in [2.45, 2.75) is 57.8 Å². The molecule has 21 nitrogen and oxygen atoms in total. The molecule has 1 saturated heterocycles. The lowest BCUT2D eigenvalue weighted by Crippen LogP contribution is -2.54. The average molecular weight is 1010 g/mol. The standard InChI is InChI=1S/C48H50N10O11S2/c1-65-28-69-46(64)41-38(71-48(52-41)56-19-16-29-7-4-8-31(33(29)26-56)42(60)53-47-50-34-10-2-3-12-37(34)70-47)13-6-18-57-25-30(54-55-57)27-68-24-23-67-22-21-66-20-17-49-35-11-5-9-32-40(35)45(63)58(44(32)62)36-14-15-39(59)51-43(36)61/h2-5,7-12,25,36,49H,6,13-24,26-28H2,1H3,(H,50,53,60)(H,51,59,61). The van der Waals surface area contributed by atoms with Crippen LogP contribution in [0.15, 0.2) is 66.9 Å². The number of imide groups is 2. The normalized spacial score (nSPS) is 15.5. The summed E-state index contributed by atoms with van der Waals surface area (Å²) in [5, 5.41) is 18.0. The second-order valence-corrected chi connectivity index (χ2v) is 18.7. The lowest BCUT2D eigenvalue weighted by atomic mass is 9.94. The van der Waals surface area contributed by atoms with E-state index >= 15 is 0 Å². The minimum Gasteiger partial charge on any atom is -0.434 e. The van der Waals surface area contributed by atoms with Crippen LogP contribution >= 0.6 is 22.7 Å². The second-order valence-electron chi connectivity index (χ2n) is 16.6. The summed E-state index contributed by atoms with van der Waals surface area (Å²) in [6, 6.07) is 17.4. The Morgan fingerprint density at radius 2 is 1.70 bits per heavy atom. The summed E-state index contributed by atoms with van der Waals surface area (Å²) in [6.07, 6.45) is 3.82. The van der Waals surface area contributed by atoms with Crippen molar-refractivity contribution >= 4 is 84.3 Å². The second kappa shape index (κ2) is 22.8. The summed E-state index contributed by atoms with van der Waals surface area (Å²) in [4.78, 5) is 90.3. The number of aromatic nitrogens is 5. The number of ether oxygens (including phenoxy) is 5. The van der Waals surface area contributed by atoms with Crippen molar-refractivity contribution in [1.29, 1.82) is 0 Å². The fourth-order valence-electron chi connectivity index (χ4n) is 8.48. The number of rotatable bonds is 23. The van der Waals surface area contributed by atoms with Gasteiger partial charge in [0.1, 0.15) is 11.7 Å². The number of amides is 5. The van der Waals surface area contributed by atoms with Gasteiger partial charge in [0.05, 0.1) is 67.2 Å². The summed E-state index contributed by atoms with van der Waals surface area (Å²) in [5.74, 6) is -3.03. The molecule has 3 aromatic heterocycles. The molecule has 0 spiro atoms. The van der Waals surface area contributed by atoms with E-state index in [1.165, 1.54) is 29.8 Å². The van der Waals surface area contributed by atoms with Crippen molar-refractivity contribution in [3.05, 3.63) is 111 Å². The van der Waals surface area contributed by atoms with Crippen LogP contribution in [0.4, 0.5) is 16.0 Å². The maximum absolute atomic E-state index is 13.6. The first-order chi connectivity index (χ1) is 34.6. The highest BCUT2D eigenvalue weighted by molar-refractivity contribution is 7.22. The Morgan fingerprint density at radius 1 is 0.887 bits per heavy atom. The molecule has 1 unspecified atom stereocenters. The third kappa shape index (κ3) is 11.5. The van der Waals surface area contributed by atoms with Crippen LogP contribution in [0.1, 0.15) is 82.5 Å². The Morgan fingerprint density at radius 3 is 2.54 bits per heavy atom. The summed E-state index contributed by atoms with van der Waals surface area (Å²) in [5.41, 5.74) is 5.13. The highest BCUT2D eigenvalue weighted by atomic mass is 32.1. The van der Waals surface area contributed by atoms with Crippen LogP contribution in [0.25, 0.3) is 10.2 Å². The summed E-state index contributed by atoms with van der Waals surface area (Å²) in [7, 11) is 1.45. The number of nitrogens with zero attached hydrogens (tertiary/aromatic N) is 7. The van der Waals surface area contributed by atoms with E-state index in [9.17, 15) is 28.8 Å². The molecular weight excluding hydrogens is 957 g/mol. The van der Waals surface area contributed by atoms with Crippen LogP contribution in [-0.4, -0.2) is 131 Å². The number of piperidine rings is 1. The lowest BCUT2D eigenvalue weighted by molar-refractivity contribution is -0.136. The zero-order valence-corrected chi connectivity index (χ0v) is 40.3. The Hall–Kier alpha value is -7.02. The minimum atomic E-state index is -1.03. The van der Waals surface area contributed by atoms with Crippen molar-refractivity contribution < 1.29 is 52.5 Å². The number of hydrogen-bond acceptors (Lipinski definition) is 19. The number of carbonyl (C=O) groups excluding carboxylic acids is 6. The van der Waals surface area contributed by atoms with Gasteiger partial charge in [-0.3, -0.25) is 44.2 Å².